The Hall–Kier alpha value is -4.50. The maximum Gasteiger partial charge on any atom is 0.307 e. The number of H-pyrrole nitrogens is 1. The van der Waals surface area contributed by atoms with Crippen molar-refractivity contribution in [3.63, 3.8) is 0 Å². The molecular weight excluding hydrogens is 511 g/mol. The number of carboxylic acid groups (broad SMARTS) is 1. The lowest BCUT2D eigenvalue weighted by molar-refractivity contribution is -0.136. The number of benzene rings is 3. The molecule has 208 valence electrons. The van der Waals surface area contributed by atoms with E-state index in [1.807, 2.05) is 14.1 Å². The fourth-order valence-corrected chi connectivity index (χ4v) is 4.56. The number of nitrogens with zero attached hydrogens (tertiary/aromatic N) is 3. The van der Waals surface area contributed by atoms with E-state index >= 15 is 0 Å². The van der Waals surface area contributed by atoms with Crippen LogP contribution in [0.5, 0.6) is 5.88 Å². The molecule has 0 radical (unpaired) electrons. The molecule has 0 spiro atoms. The fourth-order valence-electron chi connectivity index (χ4n) is 4.56. The first-order chi connectivity index (χ1) is 19.1. The van der Waals surface area contributed by atoms with Gasteiger partial charge in [0.15, 0.2) is 5.88 Å². The molecule has 3 N–H and O–H groups in total. The summed E-state index contributed by atoms with van der Waals surface area (Å²) in [7, 11) is 5.76. The van der Waals surface area contributed by atoms with Gasteiger partial charge in [0.1, 0.15) is 5.82 Å². The molecule has 0 saturated heterocycles. The van der Waals surface area contributed by atoms with Gasteiger partial charge < -0.3 is 25.0 Å². The molecule has 4 aromatic rings. The monoisotopic (exact) mass is 544 g/mol. The lowest BCUT2D eigenvalue weighted by Gasteiger charge is -2.18. The largest absolute Gasteiger partial charge is 0.494 e. The number of aliphatic imine (C=N–C) groups is 1. The van der Waals surface area contributed by atoms with Crippen LogP contribution >= 0.6 is 0 Å². The van der Waals surface area contributed by atoms with Crippen LogP contribution in [0.4, 0.5) is 15.8 Å². The standard InChI is InChI=1S/C31H33FN4O4/c1-35(2)16-5-4-9-27(37)36(3)24-13-11-23(12-14-24)33-30(21-8-6-7-20(17-21)18-28(38)39)29-25-15-10-22(32)19-26(25)34-31(29)40/h6-8,10-15,17,19,34,40H,4-5,9,16,18H2,1-3H3,(H,38,39). The van der Waals surface area contributed by atoms with Gasteiger partial charge in [-0.25, -0.2) is 9.38 Å². The van der Waals surface area contributed by atoms with Crippen molar-refractivity contribution in [2.24, 2.45) is 4.99 Å². The molecule has 1 aromatic heterocycles. The van der Waals surface area contributed by atoms with Crippen molar-refractivity contribution in [2.45, 2.75) is 25.7 Å². The van der Waals surface area contributed by atoms with E-state index in [2.05, 4.69) is 9.88 Å². The highest BCUT2D eigenvalue weighted by atomic mass is 19.1. The van der Waals surface area contributed by atoms with Gasteiger partial charge in [0, 0.05) is 30.1 Å². The number of fused-ring (bicyclic) bond motifs is 1. The summed E-state index contributed by atoms with van der Waals surface area (Å²) in [6, 6.07) is 18.3. The molecule has 8 nitrogen and oxygen atoms in total. The van der Waals surface area contributed by atoms with Gasteiger partial charge in [0.2, 0.25) is 5.91 Å². The Morgan fingerprint density at radius 1 is 0.975 bits per heavy atom. The second kappa shape index (κ2) is 12.6. The molecule has 0 aliphatic rings. The van der Waals surface area contributed by atoms with Crippen LogP contribution in [0, 0.1) is 5.82 Å². The summed E-state index contributed by atoms with van der Waals surface area (Å²) < 4.78 is 13.9. The second-order valence-corrected chi connectivity index (χ2v) is 10.00. The van der Waals surface area contributed by atoms with Crippen molar-refractivity contribution in [1.82, 2.24) is 9.88 Å². The summed E-state index contributed by atoms with van der Waals surface area (Å²) in [4.78, 5) is 35.4. The Bertz CT molecular complexity index is 1540. The third-order valence-electron chi connectivity index (χ3n) is 6.63. The van der Waals surface area contributed by atoms with Crippen LogP contribution in [0.1, 0.15) is 36.0 Å². The zero-order valence-corrected chi connectivity index (χ0v) is 22.8. The molecule has 1 amide bonds. The maximum atomic E-state index is 13.9. The lowest BCUT2D eigenvalue weighted by Crippen LogP contribution is -2.26. The fraction of sp³-hybridized carbons (Fsp3) is 0.258. The quantitative estimate of drug-likeness (QED) is 0.171. The zero-order chi connectivity index (χ0) is 28.8. The van der Waals surface area contributed by atoms with Crippen LogP contribution in [0.3, 0.4) is 0 Å². The van der Waals surface area contributed by atoms with Crippen LogP contribution in [0.25, 0.3) is 10.9 Å². The predicted molar refractivity (Wildman–Crippen MR) is 155 cm³/mol. The van der Waals surface area contributed by atoms with Crippen LogP contribution < -0.4 is 4.90 Å². The number of aromatic hydroxyl groups is 1. The van der Waals surface area contributed by atoms with Gasteiger partial charge in [-0.1, -0.05) is 18.2 Å². The topological polar surface area (TPSA) is 109 Å². The zero-order valence-electron chi connectivity index (χ0n) is 22.8. The smallest absolute Gasteiger partial charge is 0.307 e. The van der Waals surface area contributed by atoms with Crippen molar-refractivity contribution < 1.29 is 24.2 Å². The number of carbonyl (C=O) groups is 2. The number of amides is 1. The van der Waals surface area contributed by atoms with Gasteiger partial charge in [-0.3, -0.25) is 9.59 Å². The number of aromatic nitrogens is 1. The van der Waals surface area contributed by atoms with E-state index in [-0.39, 0.29) is 18.2 Å². The Labute approximate surface area is 232 Å². The molecule has 1 heterocycles. The predicted octanol–water partition coefficient (Wildman–Crippen LogP) is 5.50. The Balaban J connectivity index is 1.68. The highest BCUT2D eigenvalue weighted by molar-refractivity contribution is 6.22. The van der Waals surface area contributed by atoms with E-state index in [0.29, 0.717) is 45.4 Å². The van der Waals surface area contributed by atoms with Crippen molar-refractivity contribution in [1.29, 1.82) is 0 Å². The SMILES string of the molecule is CN(C)CCCCC(=O)N(C)c1ccc(N=C(c2cccc(CC(=O)O)c2)c2c(O)[nH]c3cc(F)ccc23)cc1. The highest BCUT2D eigenvalue weighted by Gasteiger charge is 2.20. The number of nitrogens with one attached hydrogen (secondary N) is 1. The van der Waals surface area contributed by atoms with Gasteiger partial charge in [-0.2, -0.15) is 0 Å². The summed E-state index contributed by atoms with van der Waals surface area (Å²) in [5.41, 5.74) is 3.62. The molecule has 0 aliphatic carbocycles. The summed E-state index contributed by atoms with van der Waals surface area (Å²) in [6.07, 6.45) is 2.05. The number of halogens is 1. The van der Waals surface area contributed by atoms with Gasteiger partial charge >= 0.3 is 5.97 Å². The van der Waals surface area contributed by atoms with Crippen molar-refractivity contribution in [3.8, 4) is 5.88 Å². The van der Waals surface area contributed by atoms with Crippen molar-refractivity contribution >= 4 is 39.9 Å². The van der Waals surface area contributed by atoms with E-state index in [9.17, 15) is 24.2 Å². The van der Waals surface area contributed by atoms with E-state index in [0.717, 1.165) is 25.1 Å². The summed E-state index contributed by atoms with van der Waals surface area (Å²) >= 11 is 0. The molecule has 0 fully saturated rings. The normalized spacial score (nSPS) is 11.8. The van der Waals surface area contributed by atoms with Gasteiger partial charge in [0.05, 0.1) is 28.9 Å². The first-order valence-electron chi connectivity index (χ1n) is 13.0. The number of aliphatic carboxylic acids is 1. The molecule has 0 saturated carbocycles. The van der Waals surface area contributed by atoms with Crippen LogP contribution in [0.15, 0.2) is 71.7 Å². The summed E-state index contributed by atoms with van der Waals surface area (Å²) in [5.74, 6) is -1.57. The van der Waals surface area contributed by atoms with E-state index in [1.165, 1.54) is 12.1 Å². The van der Waals surface area contributed by atoms with Crippen molar-refractivity contribution in [3.05, 3.63) is 89.2 Å². The molecule has 0 atom stereocenters. The molecule has 0 aliphatic heterocycles. The second-order valence-electron chi connectivity index (χ2n) is 10.00. The number of rotatable bonds is 11. The summed E-state index contributed by atoms with van der Waals surface area (Å²) in [6.45, 7) is 0.937. The van der Waals surface area contributed by atoms with E-state index in [1.54, 1.807) is 66.5 Å². The Morgan fingerprint density at radius 2 is 1.73 bits per heavy atom. The molecule has 4 rings (SSSR count). The van der Waals surface area contributed by atoms with Gasteiger partial charge in [-0.05, 0) is 87.6 Å². The van der Waals surface area contributed by atoms with E-state index in [4.69, 9.17) is 4.99 Å². The number of aromatic amines is 1. The molecule has 0 unspecified atom stereocenters. The molecule has 3 aromatic carbocycles. The van der Waals surface area contributed by atoms with Crippen LogP contribution in [0.2, 0.25) is 0 Å². The van der Waals surface area contributed by atoms with Crippen molar-refractivity contribution in [2.75, 3.05) is 32.6 Å². The minimum absolute atomic E-state index is 0.0295. The van der Waals surface area contributed by atoms with Crippen LogP contribution in [-0.2, 0) is 16.0 Å². The Kier molecular flexibility index (Phi) is 8.96. The average Bonchev–Trinajstić information content (AvgIpc) is 3.23. The highest BCUT2D eigenvalue weighted by Crippen LogP contribution is 2.32. The number of anilines is 1. The van der Waals surface area contributed by atoms with Crippen LogP contribution in [-0.4, -0.2) is 65.4 Å². The number of hydrogen-bond donors (Lipinski definition) is 3. The molecule has 40 heavy (non-hydrogen) atoms. The minimum Gasteiger partial charge on any atom is -0.494 e. The lowest BCUT2D eigenvalue weighted by atomic mass is 9.98. The number of carbonyl (C=O) groups excluding carboxylic acids is 1. The maximum absolute atomic E-state index is 13.9. The third-order valence-corrected chi connectivity index (χ3v) is 6.63. The number of carboxylic acids is 1. The summed E-state index contributed by atoms with van der Waals surface area (Å²) in [5, 5.41) is 20.7. The minimum atomic E-state index is -0.965. The third kappa shape index (κ3) is 6.92. The Morgan fingerprint density at radius 3 is 2.42 bits per heavy atom. The van der Waals surface area contributed by atoms with Gasteiger partial charge in [0.25, 0.3) is 0 Å². The number of unbranched alkanes of at least 4 members (excludes halogenated alkanes) is 1. The van der Waals surface area contributed by atoms with E-state index < -0.39 is 11.8 Å². The first kappa shape index (κ1) is 28.5. The number of hydrogen-bond acceptors (Lipinski definition) is 5. The first-order valence-corrected chi connectivity index (χ1v) is 13.0. The molecular formula is C31H33FN4O4. The van der Waals surface area contributed by atoms with Gasteiger partial charge in [-0.15, -0.1) is 0 Å². The molecule has 9 heteroatoms. The molecule has 0 bridgehead atoms. The average molecular weight is 545 g/mol.